The zero-order valence-electron chi connectivity index (χ0n) is 18.8. The van der Waals surface area contributed by atoms with Gasteiger partial charge in [0.05, 0.1) is 18.2 Å². The van der Waals surface area contributed by atoms with E-state index in [2.05, 4.69) is 10.2 Å². The summed E-state index contributed by atoms with van der Waals surface area (Å²) in [6, 6.07) is 12.4. The first-order valence-corrected chi connectivity index (χ1v) is 11.7. The third kappa shape index (κ3) is 4.76. The minimum Gasteiger partial charge on any atom is -0.366 e. The molecule has 3 aliphatic rings. The molecule has 3 fully saturated rings. The lowest BCUT2D eigenvalue weighted by Crippen LogP contribution is -2.63. The van der Waals surface area contributed by atoms with Gasteiger partial charge in [-0.25, -0.2) is 13.6 Å². The number of likely N-dealkylation sites (tertiary alicyclic amines) is 1. The van der Waals surface area contributed by atoms with E-state index in [1.165, 1.54) is 24.3 Å². The van der Waals surface area contributed by atoms with Crippen LogP contribution in [0.15, 0.2) is 48.5 Å². The Morgan fingerprint density at radius 3 is 2.06 bits per heavy atom. The number of nitrogens with one attached hydrogen (secondary N) is 1. The number of urea groups is 1. The van der Waals surface area contributed by atoms with Crippen LogP contribution in [0.5, 0.6) is 0 Å². The highest BCUT2D eigenvalue weighted by Crippen LogP contribution is 2.30. The number of piperazine rings is 1. The maximum Gasteiger partial charge on any atom is 0.320 e. The van der Waals surface area contributed by atoms with Gasteiger partial charge in [-0.15, -0.1) is 0 Å². The minimum absolute atomic E-state index is 0.0296. The largest absolute Gasteiger partial charge is 0.366 e. The summed E-state index contributed by atoms with van der Waals surface area (Å²) in [5, 5.41) is 2.93. The fourth-order valence-electron chi connectivity index (χ4n) is 5.15. The van der Waals surface area contributed by atoms with Gasteiger partial charge in [-0.2, -0.15) is 0 Å². The second-order valence-electron chi connectivity index (χ2n) is 9.07. The summed E-state index contributed by atoms with van der Waals surface area (Å²) in [6.07, 6.45) is 0.666. The lowest BCUT2D eigenvalue weighted by molar-refractivity contribution is -0.139. The number of fused-ring (bicyclic) bond motifs is 1. The molecule has 34 heavy (non-hydrogen) atoms. The standard InChI is InChI=1S/C25H28F2N4O3/c26-19-5-1-17(2-6-19)24(18-3-7-20(27)8-4-18)29-11-13-30(14-12-29)25(33)31-10-9-22-21(15-31)28-23(32)16-34-22/h1-8,21-22,24H,9-16H2,(H,28,32). The molecule has 9 heteroatoms. The molecule has 3 heterocycles. The Balaban J connectivity index is 1.26. The Morgan fingerprint density at radius 1 is 0.882 bits per heavy atom. The predicted octanol–water partition coefficient (Wildman–Crippen LogP) is 2.38. The molecule has 2 atom stereocenters. The van der Waals surface area contributed by atoms with Gasteiger partial charge in [0.2, 0.25) is 5.91 Å². The fraction of sp³-hybridized carbons (Fsp3) is 0.440. The zero-order valence-corrected chi connectivity index (χ0v) is 18.8. The highest BCUT2D eigenvalue weighted by atomic mass is 19.1. The number of carbonyl (C=O) groups excluding carboxylic acids is 2. The van der Waals surface area contributed by atoms with Gasteiger partial charge < -0.3 is 19.9 Å². The molecule has 3 amide bonds. The summed E-state index contributed by atoms with van der Waals surface area (Å²) in [4.78, 5) is 30.7. The molecule has 0 aliphatic carbocycles. The van der Waals surface area contributed by atoms with E-state index in [4.69, 9.17) is 4.74 Å². The van der Waals surface area contributed by atoms with Crippen molar-refractivity contribution in [1.82, 2.24) is 20.0 Å². The van der Waals surface area contributed by atoms with E-state index in [1.807, 2.05) is 4.90 Å². The van der Waals surface area contributed by atoms with Gasteiger partial charge in [-0.1, -0.05) is 24.3 Å². The summed E-state index contributed by atoms with van der Waals surface area (Å²) >= 11 is 0. The van der Waals surface area contributed by atoms with Crippen LogP contribution in [0, 0.1) is 11.6 Å². The molecule has 5 rings (SSSR count). The van der Waals surface area contributed by atoms with E-state index in [-0.39, 0.29) is 48.4 Å². The first-order chi connectivity index (χ1) is 16.5. The lowest BCUT2D eigenvalue weighted by Gasteiger charge is -2.44. The Hall–Kier alpha value is -3.04. The normalized spacial score (nSPS) is 23.6. The molecule has 2 unspecified atom stereocenters. The number of benzene rings is 2. The van der Waals surface area contributed by atoms with Crippen LogP contribution in [-0.4, -0.2) is 84.7 Å². The Kier molecular flexibility index (Phi) is 6.47. The summed E-state index contributed by atoms with van der Waals surface area (Å²) in [6.45, 7) is 3.49. The molecule has 1 N–H and O–H groups in total. The number of halogens is 2. The fourth-order valence-corrected chi connectivity index (χ4v) is 5.15. The molecule has 7 nitrogen and oxygen atoms in total. The number of rotatable bonds is 3. The maximum absolute atomic E-state index is 13.5. The van der Waals surface area contributed by atoms with Crippen LogP contribution in [-0.2, 0) is 9.53 Å². The Labute approximate surface area is 197 Å². The van der Waals surface area contributed by atoms with Crippen molar-refractivity contribution < 1.29 is 23.1 Å². The van der Waals surface area contributed by atoms with Crippen molar-refractivity contribution >= 4 is 11.9 Å². The summed E-state index contributed by atoms with van der Waals surface area (Å²) < 4.78 is 32.7. The third-order valence-corrected chi connectivity index (χ3v) is 6.92. The quantitative estimate of drug-likeness (QED) is 0.748. The van der Waals surface area contributed by atoms with Crippen LogP contribution in [0.3, 0.4) is 0 Å². The van der Waals surface area contributed by atoms with Crippen molar-refractivity contribution in [2.75, 3.05) is 45.9 Å². The van der Waals surface area contributed by atoms with E-state index in [0.29, 0.717) is 45.7 Å². The molecule has 0 bridgehead atoms. The van der Waals surface area contributed by atoms with Crippen molar-refractivity contribution in [2.45, 2.75) is 24.6 Å². The molecule has 2 aromatic carbocycles. The molecule has 3 saturated heterocycles. The van der Waals surface area contributed by atoms with Crippen LogP contribution < -0.4 is 5.32 Å². The van der Waals surface area contributed by atoms with E-state index in [9.17, 15) is 18.4 Å². The minimum atomic E-state index is -0.305. The van der Waals surface area contributed by atoms with E-state index < -0.39 is 0 Å². The average Bonchev–Trinajstić information content (AvgIpc) is 2.86. The molecule has 2 aromatic rings. The monoisotopic (exact) mass is 470 g/mol. The maximum atomic E-state index is 13.5. The number of nitrogens with zero attached hydrogens (tertiary/aromatic N) is 3. The number of amides is 3. The van der Waals surface area contributed by atoms with Gasteiger partial charge in [0.15, 0.2) is 0 Å². The van der Waals surface area contributed by atoms with E-state index in [0.717, 1.165) is 11.1 Å². The summed E-state index contributed by atoms with van der Waals surface area (Å²) in [7, 11) is 0. The van der Waals surface area contributed by atoms with Gasteiger partial charge in [0, 0.05) is 39.3 Å². The average molecular weight is 471 g/mol. The SMILES string of the molecule is O=C1COC2CCN(C(=O)N3CCN(C(c4ccc(F)cc4)c4ccc(F)cc4)CC3)CC2N1. The molecular formula is C25H28F2N4O3. The van der Waals surface area contributed by atoms with Crippen LogP contribution in [0.1, 0.15) is 23.6 Å². The van der Waals surface area contributed by atoms with Gasteiger partial charge in [0.25, 0.3) is 0 Å². The molecule has 180 valence electrons. The molecule has 0 saturated carbocycles. The lowest BCUT2D eigenvalue weighted by atomic mass is 9.96. The second-order valence-corrected chi connectivity index (χ2v) is 9.07. The van der Waals surface area contributed by atoms with Crippen molar-refractivity contribution in [1.29, 1.82) is 0 Å². The second kappa shape index (κ2) is 9.68. The summed E-state index contributed by atoms with van der Waals surface area (Å²) in [5.41, 5.74) is 1.84. The summed E-state index contributed by atoms with van der Waals surface area (Å²) in [5.74, 6) is -0.752. The Morgan fingerprint density at radius 2 is 1.47 bits per heavy atom. The molecule has 3 aliphatic heterocycles. The highest BCUT2D eigenvalue weighted by molar-refractivity contribution is 5.79. The molecule has 0 spiro atoms. The highest BCUT2D eigenvalue weighted by Gasteiger charge is 2.38. The van der Waals surface area contributed by atoms with Gasteiger partial charge in [-0.05, 0) is 41.8 Å². The van der Waals surface area contributed by atoms with Crippen molar-refractivity contribution in [3.8, 4) is 0 Å². The first kappa shape index (κ1) is 22.7. The van der Waals surface area contributed by atoms with E-state index >= 15 is 0 Å². The van der Waals surface area contributed by atoms with Gasteiger partial charge >= 0.3 is 6.03 Å². The number of hydrogen-bond acceptors (Lipinski definition) is 4. The van der Waals surface area contributed by atoms with Crippen LogP contribution in [0.4, 0.5) is 13.6 Å². The Bertz CT molecular complexity index is 980. The molecule has 0 radical (unpaired) electrons. The predicted molar refractivity (Wildman–Crippen MR) is 121 cm³/mol. The van der Waals surface area contributed by atoms with Gasteiger partial charge in [0.1, 0.15) is 18.2 Å². The smallest absolute Gasteiger partial charge is 0.320 e. The number of ether oxygens (including phenoxy) is 1. The van der Waals surface area contributed by atoms with Crippen molar-refractivity contribution in [2.24, 2.45) is 0 Å². The number of carbonyl (C=O) groups is 2. The molecular weight excluding hydrogens is 442 g/mol. The van der Waals surface area contributed by atoms with Crippen LogP contribution >= 0.6 is 0 Å². The van der Waals surface area contributed by atoms with E-state index in [1.54, 1.807) is 29.2 Å². The topological polar surface area (TPSA) is 65.1 Å². The van der Waals surface area contributed by atoms with Crippen molar-refractivity contribution in [3.63, 3.8) is 0 Å². The molecule has 0 aromatic heterocycles. The van der Waals surface area contributed by atoms with Crippen LogP contribution in [0.2, 0.25) is 0 Å². The van der Waals surface area contributed by atoms with Gasteiger partial charge in [-0.3, -0.25) is 9.69 Å². The number of hydrogen-bond donors (Lipinski definition) is 1. The number of morpholine rings is 1. The van der Waals surface area contributed by atoms with Crippen LogP contribution in [0.25, 0.3) is 0 Å². The third-order valence-electron chi connectivity index (χ3n) is 6.92. The van der Waals surface area contributed by atoms with Crippen molar-refractivity contribution in [3.05, 3.63) is 71.3 Å². The zero-order chi connectivity index (χ0) is 23.7. The number of piperidine rings is 1. The first-order valence-electron chi connectivity index (χ1n) is 11.7.